The first kappa shape index (κ1) is 13.9. The third-order valence-electron chi connectivity index (χ3n) is 3.28. The zero-order chi connectivity index (χ0) is 14.3. The topological polar surface area (TPSA) is 53.7 Å². The highest BCUT2D eigenvalue weighted by Gasteiger charge is 2.58. The second-order valence-corrected chi connectivity index (χ2v) is 4.63. The highest BCUT2D eigenvalue weighted by Crippen LogP contribution is 2.38. The summed E-state index contributed by atoms with van der Waals surface area (Å²) in [5.74, 6) is -0.0308. The predicted molar refractivity (Wildman–Crippen MR) is 59.6 cm³/mol. The second-order valence-electron chi connectivity index (χ2n) is 4.63. The maximum absolute atomic E-state index is 12.6. The molecule has 1 unspecified atom stereocenters. The Morgan fingerprint density at radius 3 is 2.68 bits per heavy atom. The molecule has 0 saturated carbocycles. The molecule has 2 heterocycles. The predicted octanol–water partition coefficient (Wildman–Crippen LogP) is 1.98. The molecule has 1 aliphatic heterocycles. The normalized spacial score (nSPS) is 23.9. The van der Waals surface area contributed by atoms with Gasteiger partial charge in [-0.2, -0.15) is 13.2 Å². The van der Waals surface area contributed by atoms with Crippen molar-refractivity contribution < 1.29 is 27.5 Å². The quantitative estimate of drug-likeness (QED) is 0.899. The molecule has 4 nitrogen and oxygen atoms in total. The van der Waals surface area contributed by atoms with Gasteiger partial charge in [0.2, 0.25) is 0 Å². The average Bonchev–Trinajstić information content (AvgIpc) is 2.94. The average molecular weight is 277 g/mol. The molecule has 1 saturated heterocycles. The van der Waals surface area contributed by atoms with E-state index in [4.69, 9.17) is 4.42 Å². The van der Waals surface area contributed by atoms with Crippen molar-refractivity contribution in [3.05, 3.63) is 23.7 Å². The number of hydrogen-bond donors (Lipinski definition) is 1. The molecule has 1 N–H and O–H groups in total. The van der Waals surface area contributed by atoms with Gasteiger partial charge in [0, 0.05) is 19.4 Å². The van der Waals surface area contributed by atoms with Crippen molar-refractivity contribution in [1.29, 1.82) is 0 Å². The Labute approximate surface area is 107 Å². The van der Waals surface area contributed by atoms with Crippen LogP contribution in [0, 0.1) is 0 Å². The van der Waals surface area contributed by atoms with Crippen molar-refractivity contribution in [2.75, 3.05) is 13.1 Å². The van der Waals surface area contributed by atoms with E-state index in [9.17, 15) is 23.1 Å². The van der Waals surface area contributed by atoms with E-state index in [1.54, 1.807) is 6.07 Å². The molecule has 1 aromatic heterocycles. The number of halogens is 3. The summed E-state index contributed by atoms with van der Waals surface area (Å²) in [7, 11) is 0. The summed E-state index contributed by atoms with van der Waals surface area (Å²) >= 11 is 0. The minimum atomic E-state index is -4.74. The molecule has 1 aromatic rings. The Morgan fingerprint density at radius 2 is 2.21 bits per heavy atom. The van der Waals surface area contributed by atoms with Gasteiger partial charge in [-0.05, 0) is 12.1 Å². The van der Waals surface area contributed by atoms with Crippen LogP contribution in [0.15, 0.2) is 16.5 Å². The number of nitrogens with zero attached hydrogens (tertiary/aromatic N) is 1. The van der Waals surface area contributed by atoms with Gasteiger partial charge in [-0.15, -0.1) is 0 Å². The lowest BCUT2D eigenvalue weighted by Gasteiger charge is -2.25. The van der Waals surface area contributed by atoms with E-state index >= 15 is 0 Å². The van der Waals surface area contributed by atoms with Gasteiger partial charge in [0.1, 0.15) is 5.76 Å². The third-order valence-corrected chi connectivity index (χ3v) is 3.28. The third kappa shape index (κ3) is 2.47. The molecule has 2 rings (SSSR count). The van der Waals surface area contributed by atoms with Crippen LogP contribution < -0.4 is 0 Å². The van der Waals surface area contributed by atoms with E-state index in [-0.39, 0.29) is 12.3 Å². The number of amides is 1. The van der Waals surface area contributed by atoms with E-state index in [0.29, 0.717) is 12.2 Å². The Hall–Kier alpha value is -1.50. The fourth-order valence-electron chi connectivity index (χ4n) is 2.04. The van der Waals surface area contributed by atoms with Crippen molar-refractivity contribution >= 4 is 5.91 Å². The molecule has 19 heavy (non-hydrogen) atoms. The van der Waals surface area contributed by atoms with Gasteiger partial charge in [0.25, 0.3) is 5.91 Å². The van der Waals surface area contributed by atoms with E-state index in [0.717, 1.165) is 4.90 Å². The summed E-state index contributed by atoms with van der Waals surface area (Å²) in [5.41, 5.74) is -2.82. The number of furan rings is 1. The van der Waals surface area contributed by atoms with Gasteiger partial charge < -0.3 is 14.4 Å². The number of carbonyl (C=O) groups excluding carboxylic acids is 1. The van der Waals surface area contributed by atoms with Crippen LogP contribution >= 0.6 is 0 Å². The van der Waals surface area contributed by atoms with Gasteiger partial charge in [-0.25, -0.2) is 0 Å². The lowest BCUT2D eigenvalue weighted by molar-refractivity contribution is -0.253. The molecule has 1 atom stereocenters. The molecule has 1 fully saturated rings. The van der Waals surface area contributed by atoms with E-state index < -0.39 is 30.7 Å². The van der Waals surface area contributed by atoms with Crippen LogP contribution in [0.3, 0.4) is 0 Å². The number of carbonyl (C=O) groups is 1. The summed E-state index contributed by atoms with van der Waals surface area (Å²) in [4.78, 5) is 12.9. The number of rotatable bonds is 2. The molecule has 1 aliphatic rings. The maximum atomic E-state index is 12.6. The Balaban J connectivity index is 2.11. The molecule has 0 radical (unpaired) electrons. The van der Waals surface area contributed by atoms with E-state index in [1.165, 1.54) is 6.07 Å². The van der Waals surface area contributed by atoms with Crippen LogP contribution in [0.5, 0.6) is 0 Å². The number of likely N-dealkylation sites (tertiary alicyclic amines) is 1. The van der Waals surface area contributed by atoms with E-state index in [1.807, 2.05) is 6.92 Å². The second kappa shape index (κ2) is 4.56. The molecule has 106 valence electrons. The monoisotopic (exact) mass is 277 g/mol. The highest BCUT2D eigenvalue weighted by atomic mass is 19.4. The first-order chi connectivity index (χ1) is 8.77. The van der Waals surface area contributed by atoms with Crippen LogP contribution in [-0.4, -0.2) is 40.8 Å². The van der Waals surface area contributed by atoms with Crippen molar-refractivity contribution in [2.24, 2.45) is 0 Å². The number of hydrogen-bond acceptors (Lipinski definition) is 3. The molecule has 0 aromatic carbocycles. The van der Waals surface area contributed by atoms with Gasteiger partial charge >= 0.3 is 6.18 Å². The highest BCUT2D eigenvalue weighted by molar-refractivity contribution is 5.91. The van der Waals surface area contributed by atoms with Gasteiger partial charge in [0.05, 0.1) is 6.54 Å². The van der Waals surface area contributed by atoms with Crippen LogP contribution in [-0.2, 0) is 6.42 Å². The van der Waals surface area contributed by atoms with Crippen molar-refractivity contribution in [1.82, 2.24) is 4.90 Å². The van der Waals surface area contributed by atoms with Gasteiger partial charge in [-0.1, -0.05) is 6.92 Å². The van der Waals surface area contributed by atoms with Crippen molar-refractivity contribution in [3.63, 3.8) is 0 Å². The Morgan fingerprint density at radius 1 is 1.53 bits per heavy atom. The number of aliphatic hydroxyl groups is 1. The smallest absolute Gasteiger partial charge is 0.419 e. The van der Waals surface area contributed by atoms with E-state index in [2.05, 4.69) is 0 Å². The number of β-amino-alcohol motifs (C(OH)–C–C–N with tert-alkyl or cyclic N) is 1. The summed E-state index contributed by atoms with van der Waals surface area (Å²) < 4.78 is 43.1. The summed E-state index contributed by atoms with van der Waals surface area (Å²) in [5, 5.41) is 9.50. The summed E-state index contributed by atoms with van der Waals surface area (Å²) in [6.07, 6.45) is -4.65. The van der Waals surface area contributed by atoms with Crippen molar-refractivity contribution in [3.8, 4) is 0 Å². The zero-order valence-corrected chi connectivity index (χ0v) is 10.3. The molecular formula is C12H14F3NO3. The van der Waals surface area contributed by atoms with Crippen LogP contribution in [0.1, 0.15) is 29.7 Å². The van der Waals surface area contributed by atoms with Crippen LogP contribution in [0.2, 0.25) is 0 Å². The molecular weight excluding hydrogens is 263 g/mol. The Kier molecular flexibility index (Phi) is 3.34. The fourth-order valence-corrected chi connectivity index (χ4v) is 2.04. The number of aryl methyl sites for hydroxylation is 1. The number of alkyl halides is 3. The van der Waals surface area contributed by atoms with Crippen molar-refractivity contribution in [2.45, 2.75) is 31.5 Å². The molecule has 0 spiro atoms. The maximum Gasteiger partial charge on any atom is 0.419 e. The first-order valence-corrected chi connectivity index (χ1v) is 5.94. The lowest BCUT2D eigenvalue weighted by atomic mass is 10.0. The summed E-state index contributed by atoms with van der Waals surface area (Å²) in [6.45, 7) is 0.944. The zero-order valence-electron chi connectivity index (χ0n) is 10.3. The van der Waals surface area contributed by atoms with Gasteiger partial charge in [-0.3, -0.25) is 4.79 Å². The standard InChI is InChI=1S/C12H14F3NO3/c1-2-8-3-4-9(19-8)10(17)16-6-5-11(18,7-16)12(13,14)15/h3-4,18H,2,5-7H2,1H3. The Bertz CT molecular complexity index is 483. The largest absolute Gasteiger partial charge is 0.456 e. The van der Waals surface area contributed by atoms with Crippen LogP contribution in [0.4, 0.5) is 13.2 Å². The molecule has 7 heteroatoms. The minimum Gasteiger partial charge on any atom is -0.456 e. The molecule has 0 aliphatic carbocycles. The SMILES string of the molecule is CCc1ccc(C(=O)N2CCC(O)(C(F)(F)F)C2)o1. The first-order valence-electron chi connectivity index (χ1n) is 5.94. The fraction of sp³-hybridized carbons (Fsp3) is 0.583. The lowest BCUT2D eigenvalue weighted by Crippen LogP contribution is -2.48. The van der Waals surface area contributed by atoms with Gasteiger partial charge in [0.15, 0.2) is 11.4 Å². The minimum absolute atomic E-state index is 0.00303. The molecule has 1 amide bonds. The van der Waals surface area contributed by atoms with Crippen LogP contribution in [0.25, 0.3) is 0 Å². The summed E-state index contributed by atoms with van der Waals surface area (Å²) in [6, 6.07) is 3.05. The molecule has 0 bridgehead atoms.